The Labute approximate surface area is 81.1 Å². The van der Waals surface area contributed by atoms with Crippen LogP contribution in [-0.2, 0) is 0 Å². The first kappa shape index (κ1) is 10.3. The van der Waals surface area contributed by atoms with E-state index in [1.807, 2.05) is 6.20 Å². The van der Waals surface area contributed by atoms with E-state index in [-0.39, 0.29) is 5.41 Å². The van der Waals surface area contributed by atoms with Gasteiger partial charge >= 0.3 is 0 Å². The molecule has 0 amide bonds. The van der Waals surface area contributed by atoms with Crippen LogP contribution in [0.5, 0.6) is 0 Å². The van der Waals surface area contributed by atoms with E-state index < -0.39 is 0 Å². The fourth-order valence-corrected chi connectivity index (χ4v) is 1.64. The van der Waals surface area contributed by atoms with Crippen molar-refractivity contribution in [2.45, 2.75) is 40.7 Å². The van der Waals surface area contributed by atoms with Gasteiger partial charge in [-0.3, -0.25) is 0 Å². The highest BCUT2D eigenvalue weighted by Gasteiger charge is 2.29. The molecule has 1 rings (SSSR count). The molecule has 0 aliphatic carbocycles. The molecule has 1 aliphatic rings. The molecule has 1 aliphatic heterocycles. The zero-order valence-corrected chi connectivity index (χ0v) is 9.26. The van der Waals surface area contributed by atoms with Gasteiger partial charge in [-0.2, -0.15) is 0 Å². The van der Waals surface area contributed by atoms with Gasteiger partial charge in [0.25, 0.3) is 0 Å². The molecule has 1 atom stereocenters. The summed E-state index contributed by atoms with van der Waals surface area (Å²) in [5, 5.41) is 3.33. The first-order chi connectivity index (χ1) is 5.93. The zero-order valence-electron chi connectivity index (χ0n) is 9.26. The Balaban J connectivity index is 2.88. The second-order valence-electron chi connectivity index (χ2n) is 5.03. The number of nitrogens with one attached hydrogen (secondary N) is 1. The van der Waals surface area contributed by atoms with E-state index in [1.54, 1.807) is 6.34 Å². The number of hydrogen-bond donors (Lipinski definition) is 1. The van der Waals surface area contributed by atoms with Crippen LogP contribution < -0.4 is 5.32 Å². The summed E-state index contributed by atoms with van der Waals surface area (Å²) < 4.78 is 0. The quantitative estimate of drug-likeness (QED) is 0.659. The highest BCUT2D eigenvalue weighted by atomic mass is 15.0. The van der Waals surface area contributed by atoms with Crippen LogP contribution in [0.3, 0.4) is 0 Å². The van der Waals surface area contributed by atoms with Crippen LogP contribution in [0, 0.1) is 11.3 Å². The second kappa shape index (κ2) is 3.52. The van der Waals surface area contributed by atoms with Gasteiger partial charge in [0, 0.05) is 6.20 Å². The molecule has 0 aromatic heterocycles. The van der Waals surface area contributed by atoms with Crippen LogP contribution in [0.2, 0.25) is 0 Å². The molecule has 1 N–H and O–H groups in total. The Morgan fingerprint density at radius 1 is 1.38 bits per heavy atom. The normalized spacial score (nSPS) is 22.9. The number of hydrogen-bond acceptors (Lipinski definition) is 2. The van der Waals surface area contributed by atoms with Crippen molar-refractivity contribution in [3.63, 3.8) is 0 Å². The van der Waals surface area contributed by atoms with Gasteiger partial charge in [-0.15, -0.1) is 0 Å². The molecule has 2 nitrogen and oxygen atoms in total. The maximum atomic E-state index is 4.15. The van der Waals surface area contributed by atoms with Crippen molar-refractivity contribution >= 4 is 6.34 Å². The van der Waals surface area contributed by atoms with Crippen molar-refractivity contribution in [1.29, 1.82) is 0 Å². The predicted molar refractivity (Wildman–Crippen MR) is 57.8 cm³/mol. The van der Waals surface area contributed by atoms with Crippen LogP contribution in [0.15, 0.2) is 16.8 Å². The fraction of sp³-hybridized carbons (Fsp3) is 0.727. The van der Waals surface area contributed by atoms with Gasteiger partial charge < -0.3 is 5.32 Å². The minimum absolute atomic E-state index is 0.253. The molecule has 0 aromatic carbocycles. The monoisotopic (exact) mass is 180 g/mol. The van der Waals surface area contributed by atoms with Crippen LogP contribution in [0.4, 0.5) is 0 Å². The first-order valence-corrected chi connectivity index (χ1v) is 4.90. The molecule has 0 saturated carbocycles. The molecule has 0 fully saturated rings. The maximum Gasteiger partial charge on any atom is 0.0883 e. The van der Waals surface area contributed by atoms with Crippen molar-refractivity contribution in [2.75, 3.05) is 0 Å². The summed E-state index contributed by atoms with van der Waals surface area (Å²) in [4.78, 5) is 4.15. The van der Waals surface area contributed by atoms with Crippen LogP contribution in [0.1, 0.15) is 34.6 Å². The molecule has 0 saturated heterocycles. The molecular formula is C11H20N2. The summed E-state index contributed by atoms with van der Waals surface area (Å²) >= 11 is 0. The van der Waals surface area contributed by atoms with E-state index in [2.05, 4.69) is 44.9 Å². The van der Waals surface area contributed by atoms with Crippen molar-refractivity contribution in [1.82, 2.24) is 5.32 Å². The summed E-state index contributed by atoms with van der Waals surface area (Å²) in [6.07, 6.45) is 3.79. The van der Waals surface area contributed by atoms with E-state index >= 15 is 0 Å². The van der Waals surface area contributed by atoms with Crippen molar-refractivity contribution in [2.24, 2.45) is 16.3 Å². The molecule has 1 unspecified atom stereocenters. The Bertz CT molecular complexity index is 231. The minimum atomic E-state index is 0.253. The van der Waals surface area contributed by atoms with Gasteiger partial charge in [0.05, 0.1) is 12.4 Å². The maximum absolute atomic E-state index is 4.15. The zero-order chi connectivity index (χ0) is 10.1. The van der Waals surface area contributed by atoms with Crippen LogP contribution in [0.25, 0.3) is 0 Å². The summed E-state index contributed by atoms with van der Waals surface area (Å²) in [7, 11) is 0. The molecule has 2 heteroatoms. The standard InChI is InChI=1S/C11H20N2/c1-8(2)9-6-12-7-13-10(9)11(3,4)5/h6-8,10H,1-5H3,(H,12,13). The third-order valence-electron chi connectivity index (χ3n) is 2.41. The molecule has 0 aromatic rings. The van der Waals surface area contributed by atoms with E-state index in [4.69, 9.17) is 0 Å². The lowest BCUT2D eigenvalue weighted by molar-refractivity contribution is 0.315. The predicted octanol–water partition coefficient (Wildman–Crippen LogP) is 2.57. The molecule has 0 bridgehead atoms. The summed E-state index contributed by atoms with van der Waals surface area (Å²) in [5.74, 6) is 0.564. The molecule has 1 heterocycles. The van der Waals surface area contributed by atoms with Gasteiger partial charge in [0.15, 0.2) is 0 Å². The summed E-state index contributed by atoms with van der Waals surface area (Å²) in [6.45, 7) is 11.2. The Kier molecular flexibility index (Phi) is 2.79. The lowest BCUT2D eigenvalue weighted by atomic mass is 9.78. The second-order valence-corrected chi connectivity index (χ2v) is 5.03. The number of aliphatic imine (C=N–C) groups is 1. The topological polar surface area (TPSA) is 24.4 Å². The van der Waals surface area contributed by atoms with Gasteiger partial charge in [-0.1, -0.05) is 34.6 Å². The average molecular weight is 180 g/mol. The Hall–Kier alpha value is -0.790. The number of rotatable bonds is 1. The van der Waals surface area contributed by atoms with E-state index in [0.717, 1.165) is 0 Å². The minimum Gasteiger partial charge on any atom is -0.369 e. The highest BCUT2D eigenvalue weighted by molar-refractivity contribution is 5.59. The van der Waals surface area contributed by atoms with Crippen molar-refractivity contribution < 1.29 is 0 Å². The van der Waals surface area contributed by atoms with Gasteiger partial charge in [-0.25, -0.2) is 4.99 Å². The molecule has 0 spiro atoms. The lowest BCUT2D eigenvalue weighted by Gasteiger charge is -2.35. The smallest absolute Gasteiger partial charge is 0.0883 e. The van der Waals surface area contributed by atoms with Gasteiger partial charge in [0.1, 0.15) is 0 Å². The van der Waals surface area contributed by atoms with Gasteiger partial charge in [0.2, 0.25) is 0 Å². The van der Waals surface area contributed by atoms with Crippen LogP contribution in [-0.4, -0.2) is 12.4 Å². The SMILES string of the molecule is CC(C)C1=CN=CNC1C(C)(C)C. The third kappa shape index (κ3) is 2.33. The van der Waals surface area contributed by atoms with E-state index in [0.29, 0.717) is 12.0 Å². The average Bonchev–Trinajstić information content (AvgIpc) is 2.03. The number of nitrogens with zero attached hydrogens (tertiary/aromatic N) is 1. The molecule has 74 valence electrons. The van der Waals surface area contributed by atoms with Crippen LogP contribution >= 0.6 is 0 Å². The van der Waals surface area contributed by atoms with E-state index in [1.165, 1.54) is 5.57 Å². The molecular weight excluding hydrogens is 160 g/mol. The summed E-state index contributed by atoms with van der Waals surface area (Å²) in [6, 6.07) is 0.421. The Morgan fingerprint density at radius 3 is 2.38 bits per heavy atom. The lowest BCUT2D eigenvalue weighted by Crippen LogP contribution is -2.43. The largest absolute Gasteiger partial charge is 0.369 e. The molecule has 0 radical (unpaired) electrons. The first-order valence-electron chi connectivity index (χ1n) is 4.90. The van der Waals surface area contributed by atoms with E-state index in [9.17, 15) is 0 Å². The highest BCUT2D eigenvalue weighted by Crippen LogP contribution is 2.29. The van der Waals surface area contributed by atoms with Gasteiger partial charge in [-0.05, 0) is 16.9 Å². The van der Waals surface area contributed by atoms with Crippen molar-refractivity contribution in [3.8, 4) is 0 Å². The Morgan fingerprint density at radius 2 is 2.00 bits per heavy atom. The van der Waals surface area contributed by atoms with Crippen molar-refractivity contribution in [3.05, 3.63) is 11.8 Å². The third-order valence-corrected chi connectivity index (χ3v) is 2.41. The summed E-state index contributed by atoms with van der Waals surface area (Å²) in [5.41, 5.74) is 1.65. The molecule has 13 heavy (non-hydrogen) atoms. The fourth-order valence-electron chi connectivity index (χ4n) is 1.64.